The average molecular weight is 372 g/mol. The van der Waals surface area contributed by atoms with Crippen LogP contribution < -0.4 is 9.47 Å². The van der Waals surface area contributed by atoms with Crippen LogP contribution in [0.15, 0.2) is 72.3 Å². The van der Waals surface area contributed by atoms with Crippen molar-refractivity contribution >= 4 is 11.9 Å². The number of phenols is 1. The Morgan fingerprint density at radius 1 is 1.04 bits per heavy atom. The molecule has 0 saturated heterocycles. The van der Waals surface area contributed by atoms with E-state index in [4.69, 9.17) is 9.47 Å². The average Bonchev–Trinajstić information content (AvgIpc) is 2.70. The highest BCUT2D eigenvalue weighted by atomic mass is 16.5. The largest absolute Gasteiger partial charge is 0.508 e. The number of fused-ring (bicyclic) bond motifs is 1. The van der Waals surface area contributed by atoms with Crippen LogP contribution in [0.1, 0.15) is 33.2 Å². The molecule has 0 aliphatic carbocycles. The normalized spacial score (nSPS) is 17.1. The molecular formula is C24H20O4. The van der Waals surface area contributed by atoms with Gasteiger partial charge in [-0.15, -0.1) is 0 Å². The van der Waals surface area contributed by atoms with Crippen molar-refractivity contribution in [2.24, 2.45) is 0 Å². The lowest BCUT2D eigenvalue weighted by Crippen LogP contribution is -2.23. The van der Waals surface area contributed by atoms with Crippen LogP contribution in [0.2, 0.25) is 0 Å². The molecule has 0 spiro atoms. The molecule has 4 heteroatoms. The van der Waals surface area contributed by atoms with Crippen molar-refractivity contribution in [2.45, 2.75) is 13.0 Å². The van der Waals surface area contributed by atoms with Gasteiger partial charge in [0.1, 0.15) is 17.2 Å². The van der Waals surface area contributed by atoms with Crippen molar-refractivity contribution in [1.29, 1.82) is 0 Å². The molecule has 0 fully saturated rings. The maximum atomic E-state index is 13.3. The first kappa shape index (κ1) is 17.9. The van der Waals surface area contributed by atoms with E-state index in [1.807, 2.05) is 61.5 Å². The van der Waals surface area contributed by atoms with Crippen LogP contribution in [0.3, 0.4) is 0 Å². The summed E-state index contributed by atoms with van der Waals surface area (Å²) in [6.45, 7) is 2.01. The summed E-state index contributed by atoms with van der Waals surface area (Å²) >= 11 is 0. The Bertz CT molecular complexity index is 1060. The second kappa shape index (κ2) is 7.24. The number of rotatable bonds is 3. The third-order valence-electron chi connectivity index (χ3n) is 4.78. The van der Waals surface area contributed by atoms with Gasteiger partial charge in [0.2, 0.25) is 0 Å². The zero-order valence-electron chi connectivity index (χ0n) is 15.7. The number of ether oxygens (including phenoxy) is 2. The van der Waals surface area contributed by atoms with Crippen LogP contribution >= 0.6 is 0 Å². The van der Waals surface area contributed by atoms with Gasteiger partial charge in [-0.05, 0) is 54.5 Å². The number of methoxy groups -OCH3 is 1. The fourth-order valence-electron chi connectivity index (χ4n) is 3.37. The molecule has 3 aromatic rings. The van der Waals surface area contributed by atoms with Gasteiger partial charge in [-0.3, -0.25) is 4.79 Å². The quantitative estimate of drug-likeness (QED) is 0.649. The van der Waals surface area contributed by atoms with Crippen LogP contribution in [0.25, 0.3) is 6.08 Å². The monoisotopic (exact) mass is 372 g/mol. The molecule has 1 atom stereocenters. The van der Waals surface area contributed by atoms with Crippen molar-refractivity contribution in [3.05, 3.63) is 94.6 Å². The smallest absolute Gasteiger partial charge is 0.196 e. The Hall–Kier alpha value is -3.53. The fourth-order valence-corrected chi connectivity index (χ4v) is 3.37. The number of hydrogen-bond donors (Lipinski definition) is 1. The van der Waals surface area contributed by atoms with Crippen molar-refractivity contribution in [2.75, 3.05) is 7.11 Å². The minimum atomic E-state index is -0.545. The third kappa shape index (κ3) is 3.37. The summed E-state index contributed by atoms with van der Waals surface area (Å²) in [6, 6.07) is 20.0. The Labute approximate surface area is 163 Å². The second-order valence-electron chi connectivity index (χ2n) is 6.79. The van der Waals surface area contributed by atoms with E-state index in [1.165, 1.54) is 12.1 Å². The topological polar surface area (TPSA) is 55.8 Å². The molecule has 1 aliphatic rings. The van der Waals surface area contributed by atoms with E-state index in [9.17, 15) is 9.90 Å². The minimum absolute atomic E-state index is 0.0357. The summed E-state index contributed by atoms with van der Waals surface area (Å²) in [5.41, 5.74) is 3.77. The lowest BCUT2D eigenvalue weighted by Gasteiger charge is -2.28. The molecular weight excluding hydrogens is 352 g/mol. The number of ketones is 1. The number of benzene rings is 3. The first-order chi connectivity index (χ1) is 13.5. The minimum Gasteiger partial charge on any atom is -0.508 e. The predicted octanol–water partition coefficient (Wildman–Crippen LogP) is 5.11. The highest BCUT2D eigenvalue weighted by Gasteiger charge is 2.33. The molecule has 1 N–H and O–H groups in total. The first-order valence-corrected chi connectivity index (χ1v) is 9.02. The number of phenolic OH excluding ortho intramolecular Hbond substituents is 1. The number of Topliss-reactive ketones (excluding diaryl/α,β-unsaturated/α-hetero) is 1. The summed E-state index contributed by atoms with van der Waals surface area (Å²) < 4.78 is 11.4. The molecule has 0 aromatic heterocycles. The molecule has 1 unspecified atom stereocenters. The molecule has 4 rings (SSSR count). The summed E-state index contributed by atoms with van der Waals surface area (Å²) in [5, 5.41) is 9.82. The number of carbonyl (C=O) groups excluding carboxylic acids is 1. The van der Waals surface area contributed by atoms with E-state index in [1.54, 1.807) is 13.2 Å². The highest BCUT2D eigenvalue weighted by molar-refractivity contribution is 6.14. The van der Waals surface area contributed by atoms with Crippen molar-refractivity contribution in [1.82, 2.24) is 0 Å². The van der Waals surface area contributed by atoms with Crippen molar-refractivity contribution in [3.63, 3.8) is 0 Å². The van der Waals surface area contributed by atoms with E-state index in [-0.39, 0.29) is 11.5 Å². The lowest BCUT2D eigenvalue weighted by molar-refractivity contribution is 0.0963. The predicted molar refractivity (Wildman–Crippen MR) is 108 cm³/mol. The Balaban J connectivity index is 1.85. The molecule has 0 radical (unpaired) electrons. The molecule has 0 saturated carbocycles. The van der Waals surface area contributed by atoms with Gasteiger partial charge in [0.25, 0.3) is 0 Å². The van der Waals surface area contributed by atoms with Gasteiger partial charge in [0.15, 0.2) is 11.9 Å². The van der Waals surface area contributed by atoms with Crippen LogP contribution in [-0.4, -0.2) is 18.0 Å². The fraction of sp³-hybridized carbons (Fsp3) is 0.125. The summed E-state index contributed by atoms with van der Waals surface area (Å²) in [6.07, 6.45) is 1.31. The standard InChI is InChI=1S/C24H20O4/c1-15-4-3-5-16(12-15)13-21-23(26)20-14-18(25)8-11-22(20)28-24(21)17-6-9-19(27-2)10-7-17/h3-14,24-25H,1-2H3. The van der Waals surface area contributed by atoms with Gasteiger partial charge >= 0.3 is 0 Å². The number of hydrogen-bond acceptors (Lipinski definition) is 4. The van der Waals surface area contributed by atoms with Gasteiger partial charge in [0.05, 0.1) is 12.7 Å². The Morgan fingerprint density at radius 3 is 2.54 bits per heavy atom. The van der Waals surface area contributed by atoms with E-state index >= 15 is 0 Å². The SMILES string of the molecule is COc1ccc(C2Oc3ccc(O)cc3C(=O)C2=Cc2cccc(C)c2)cc1. The highest BCUT2D eigenvalue weighted by Crippen LogP contribution is 2.40. The van der Waals surface area contributed by atoms with Gasteiger partial charge in [-0.1, -0.05) is 42.0 Å². The molecule has 4 nitrogen and oxygen atoms in total. The number of carbonyl (C=O) groups is 1. The lowest BCUT2D eigenvalue weighted by atomic mass is 9.89. The van der Waals surface area contributed by atoms with Gasteiger partial charge < -0.3 is 14.6 Å². The van der Waals surface area contributed by atoms with Crippen LogP contribution in [-0.2, 0) is 0 Å². The van der Waals surface area contributed by atoms with Gasteiger partial charge in [0, 0.05) is 5.57 Å². The number of aryl methyl sites for hydroxylation is 1. The molecule has 1 aliphatic heterocycles. The van der Waals surface area contributed by atoms with E-state index < -0.39 is 6.10 Å². The maximum Gasteiger partial charge on any atom is 0.196 e. The summed E-state index contributed by atoms with van der Waals surface area (Å²) in [4.78, 5) is 13.3. The first-order valence-electron chi connectivity index (χ1n) is 9.02. The van der Waals surface area contributed by atoms with Crippen molar-refractivity contribution in [3.8, 4) is 17.2 Å². The Kier molecular flexibility index (Phi) is 4.62. The molecule has 1 heterocycles. The maximum absolute atomic E-state index is 13.3. The van der Waals surface area contributed by atoms with Gasteiger partial charge in [-0.25, -0.2) is 0 Å². The zero-order valence-corrected chi connectivity index (χ0v) is 15.7. The molecule has 3 aromatic carbocycles. The Morgan fingerprint density at radius 2 is 1.82 bits per heavy atom. The van der Waals surface area contributed by atoms with Gasteiger partial charge in [-0.2, -0.15) is 0 Å². The van der Waals surface area contributed by atoms with Crippen molar-refractivity contribution < 1.29 is 19.4 Å². The van der Waals surface area contributed by atoms with E-state index in [2.05, 4.69) is 0 Å². The van der Waals surface area contributed by atoms with Crippen LogP contribution in [0.5, 0.6) is 17.2 Å². The molecule has 0 amide bonds. The molecule has 28 heavy (non-hydrogen) atoms. The summed E-state index contributed by atoms with van der Waals surface area (Å²) in [5.74, 6) is 1.08. The number of aromatic hydroxyl groups is 1. The van der Waals surface area contributed by atoms with Crippen LogP contribution in [0, 0.1) is 6.92 Å². The second-order valence-corrected chi connectivity index (χ2v) is 6.79. The molecule has 0 bridgehead atoms. The van der Waals surface area contributed by atoms with E-state index in [0.29, 0.717) is 16.9 Å². The van der Waals surface area contributed by atoms with Crippen LogP contribution in [0.4, 0.5) is 0 Å². The zero-order chi connectivity index (χ0) is 19.7. The third-order valence-corrected chi connectivity index (χ3v) is 4.78. The van der Waals surface area contributed by atoms with E-state index in [0.717, 1.165) is 22.4 Å². The summed E-state index contributed by atoms with van der Waals surface area (Å²) in [7, 11) is 1.61. The molecule has 140 valence electrons.